The van der Waals surface area contributed by atoms with Crippen LogP contribution in [-0.4, -0.2) is 19.1 Å². The summed E-state index contributed by atoms with van der Waals surface area (Å²) in [5, 5.41) is 3.51. The standard InChI is InChI=1S/C16H28N2/c1-13(2)12-18(6)15-9-7-14(8-10-15)11-17-16(3,4)5/h7-10,13,17H,11-12H2,1-6H3. The van der Waals surface area contributed by atoms with Gasteiger partial charge in [-0.2, -0.15) is 0 Å². The average molecular weight is 248 g/mol. The molecule has 0 fully saturated rings. The van der Waals surface area contributed by atoms with Crippen LogP contribution in [-0.2, 0) is 6.54 Å². The Bertz CT molecular complexity index is 346. The van der Waals surface area contributed by atoms with Gasteiger partial charge in [-0.05, 0) is 44.4 Å². The first kappa shape index (κ1) is 15.0. The van der Waals surface area contributed by atoms with Crippen molar-refractivity contribution in [1.82, 2.24) is 5.32 Å². The third-order valence-electron chi connectivity index (χ3n) is 2.84. The van der Waals surface area contributed by atoms with E-state index in [2.05, 4.69) is 76.1 Å². The van der Waals surface area contributed by atoms with Crippen molar-refractivity contribution in [1.29, 1.82) is 0 Å². The maximum Gasteiger partial charge on any atom is 0.0363 e. The zero-order chi connectivity index (χ0) is 13.8. The second-order valence-electron chi connectivity index (χ2n) is 6.54. The summed E-state index contributed by atoms with van der Waals surface area (Å²) in [5.41, 5.74) is 2.81. The molecule has 1 aromatic rings. The van der Waals surface area contributed by atoms with E-state index in [1.165, 1.54) is 11.3 Å². The van der Waals surface area contributed by atoms with Crippen molar-refractivity contribution in [3.63, 3.8) is 0 Å². The topological polar surface area (TPSA) is 15.3 Å². The van der Waals surface area contributed by atoms with Crippen molar-refractivity contribution in [3.8, 4) is 0 Å². The molecule has 0 saturated carbocycles. The van der Waals surface area contributed by atoms with Gasteiger partial charge in [0.2, 0.25) is 0 Å². The Morgan fingerprint density at radius 1 is 1.11 bits per heavy atom. The molecule has 0 saturated heterocycles. The minimum Gasteiger partial charge on any atom is -0.374 e. The van der Waals surface area contributed by atoms with Crippen LogP contribution < -0.4 is 10.2 Å². The predicted octanol–water partition coefficient (Wildman–Crippen LogP) is 3.67. The summed E-state index contributed by atoms with van der Waals surface area (Å²) in [6.45, 7) is 13.1. The third-order valence-corrected chi connectivity index (χ3v) is 2.84. The van der Waals surface area contributed by atoms with Gasteiger partial charge in [0.05, 0.1) is 0 Å². The van der Waals surface area contributed by atoms with E-state index in [1.54, 1.807) is 0 Å². The zero-order valence-electron chi connectivity index (χ0n) is 12.7. The molecule has 0 amide bonds. The molecule has 0 spiro atoms. The molecule has 1 rings (SSSR count). The molecule has 2 heteroatoms. The van der Waals surface area contributed by atoms with Gasteiger partial charge in [0.1, 0.15) is 0 Å². The lowest BCUT2D eigenvalue weighted by Gasteiger charge is -2.23. The van der Waals surface area contributed by atoms with E-state index >= 15 is 0 Å². The highest BCUT2D eigenvalue weighted by Gasteiger charge is 2.08. The van der Waals surface area contributed by atoms with Crippen molar-refractivity contribution in [2.45, 2.75) is 46.7 Å². The minimum absolute atomic E-state index is 0.174. The lowest BCUT2D eigenvalue weighted by Crippen LogP contribution is -2.35. The van der Waals surface area contributed by atoms with Crippen molar-refractivity contribution in [2.75, 3.05) is 18.5 Å². The van der Waals surface area contributed by atoms with E-state index in [-0.39, 0.29) is 5.54 Å². The fraction of sp³-hybridized carbons (Fsp3) is 0.625. The van der Waals surface area contributed by atoms with Gasteiger partial charge >= 0.3 is 0 Å². The summed E-state index contributed by atoms with van der Waals surface area (Å²) in [4.78, 5) is 2.31. The first-order valence-corrected chi connectivity index (χ1v) is 6.83. The highest BCUT2D eigenvalue weighted by molar-refractivity contribution is 5.46. The van der Waals surface area contributed by atoms with E-state index in [1.807, 2.05) is 0 Å². The normalized spacial score (nSPS) is 11.9. The van der Waals surface area contributed by atoms with E-state index in [4.69, 9.17) is 0 Å². The van der Waals surface area contributed by atoms with Crippen LogP contribution in [0.25, 0.3) is 0 Å². The van der Waals surface area contributed by atoms with Crippen LogP contribution in [0.1, 0.15) is 40.2 Å². The van der Waals surface area contributed by atoms with Gasteiger partial charge in [-0.3, -0.25) is 0 Å². The van der Waals surface area contributed by atoms with Gasteiger partial charge in [-0.25, -0.2) is 0 Å². The number of benzene rings is 1. The lowest BCUT2D eigenvalue weighted by atomic mass is 10.1. The van der Waals surface area contributed by atoms with Gasteiger partial charge in [0.25, 0.3) is 0 Å². The quantitative estimate of drug-likeness (QED) is 0.855. The highest BCUT2D eigenvalue weighted by atomic mass is 15.1. The Balaban J connectivity index is 2.57. The van der Waals surface area contributed by atoms with Crippen molar-refractivity contribution < 1.29 is 0 Å². The summed E-state index contributed by atoms with van der Waals surface area (Å²) < 4.78 is 0. The number of rotatable bonds is 5. The molecule has 2 nitrogen and oxygen atoms in total. The maximum absolute atomic E-state index is 3.51. The number of hydrogen-bond acceptors (Lipinski definition) is 2. The zero-order valence-corrected chi connectivity index (χ0v) is 12.7. The fourth-order valence-corrected chi connectivity index (χ4v) is 1.89. The first-order valence-electron chi connectivity index (χ1n) is 6.83. The van der Waals surface area contributed by atoms with Gasteiger partial charge < -0.3 is 10.2 Å². The molecule has 1 aromatic carbocycles. The second kappa shape index (κ2) is 6.24. The van der Waals surface area contributed by atoms with Crippen LogP contribution in [0.15, 0.2) is 24.3 Å². The van der Waals surface area contributed by atoms with Crippen LogP contribution in [0.4, 0.5) is 5.69 Å². The smallest absolute Gasteiger partial charge is 0.0363 e. The lowest BCUT2D eigenvalue weighted by molar-refractivity contribution is 0.424. The van der Waals surface area contributed by atoms with Gasteiger partial charge in [-0.1, -0.05) is 26.0 Å². The van der Waals surface area contributed by atoms with Gasteiger partial charge in [-0.15, -0.1) is 0 Å². The van der Waals surface area contributed by atoms with Crippen molar-refractivity contribution in [2.24, 2.45) is 5.92 Å². The predicted molar refractivity (Wildman–Crippen MR) is 81.1 cm³/mol. The number of nitrogens with one attached hydrogen (secondary N) is 1. The van der Waals surface area contributed by atoms with Crippen LogP contribution in [0, 0.1) is 5.92 Å². The number of hydrogen-bond donors (Lipinski definition) is 1. The minimum atomic E-state index is 0.174. The molecular weight excluding hydrogens is 220 g/mol. The number of anilines is 1. The first-order chi connectivity index (χ1) is 8.28. The van der Waals surface area contributed by atoms with Gasteiger partial charge in [0.15, 0.2) is 0 Å². The molecular formula is C16H28N2. The molecule has 0 aliphatic carbocycles. The SMILES string of the molecule is CC(C)CN(C)c1ccc(CNC(C)(C)C)cc1. The molecule has 0 radical (unpaired) electrons. The van der Waals surface area contributed by atoms with Crippen LogP contribution >= 0.6 is 0 Å². The van der Waals surface area contributed by atoms with E-state index in [0.717, 1.165) is 13.1 Å². The van der Waals surface area contributed by atoms with Gasteiger partial charge in [0, 0.05) is 31.4 Å². The van der Waals surface area contributed by atoms with Crippen molar-refractivity contribution in [3.05, 3.63) is 29.8 Å². The van der Waals surface area contributed by atoms with Crippen molar-refractivity contribution >= 4 is 5.69 Å². The molecule has 1 N–H and O–H groups in total. The second-order valence-corrected chi connectivity index (χ2v) is 6.54. The van der Waals surface area contributed by atoms with E-state index in [9.17, 15) is 0 Å². The molecule has 102 valence electrons. The Labute approximate surface area is 112 Å². The van der Waals surface area contributed by atoms with Crippen LogP contribution in [0.2, 0.25) is 0 Å². The summed E-state index contributed by atoms with van der Waals surface area (Å²) in [7, 11) is 2.16. The molecule has 0 atom stereocenters. The van der Waals surface area contributed by atoms with E-state index in [0.29, 0.717) is 5.92 Å². The van der Waals surface area contributed by atoms with E-state index < -0.39 is 0 Å². The summed E-state index contributed by atoms with van der Waals surface area (Å²) in [5.74, 6) is 0.692. The Kier molecular flexibility index (Phi) is 5.21. The molecule has 0 heterocycles. The highest BCUT2D eigenvalue weighted by Crippen LogP contribution is 2.15. The third kappa shape index (κ3) is 5.54. The fourth-order valence-electron chi connectivity index (χ4n) is 1.89. The Hall–Kier alpha value is -1.02. The molecule has 0 bridgehead atoms. The number of nitrogens with zero attached hydrogens (tertiary/aromatic N) is 1. The molecule has 18 heavy (non-hydrogen) atoms. The summed E-state index contributed by atoms with van der Waals surface area (Å²) in [6.07, 6.45) is 0. The molecule has 0 unspecified atom stereocenters. The summed E-state index contributed by atoms with van der Waals surface area (Å²) >= 11 is 0. The van der Waals surface area contributed by atoms with Crippen LogP contribution in [0.3, 0.4) is 0 Å². The Morgan fingerprint density at radius 2 is 1.67 bits per heavy atom. The largest absolute Gasteiger partial charge is 0.374 e. The molecule has 0 aromatic heterocycles. The average Bonchev–Trinajstić information content (AvgIpc) is 2.25. The molecule has 0 aliphatic rings. The maximum atomic E-state index is 3.51. The monoisotopic (exact) mass is 248 g/mol. The summed E-state index contributed by atoms with van der Waals surface area (Å²) in [6, 6.07) is 8.85. The van der Waals surface area contributed by atoms with Crippen LogP contribution in [0.5, 0.6) is 0 Å². The molecule has 0 aliphatic heterocycles. The Morgan fingerprint density at radius 3 is 2.11 bits per heavy atom.